The van der Waals surface area contributed by atoms with Crippen molar-refractivity contribution in [3.63, 3.8) is 0 Å². The van der Waals surface area contributed by atoms with E-state index in [4.69, 9.17) is 5.73 Å². The number of allylic oxidation sites excluding steroid dienone is 2. The van der Waals surface area contributed by atoms with Crippen LogP contribution in [0.3, 0.4) is 0 Å². The zero-order chi connectivity index (χ0) is 12.2. The third-order valence-corrected chi connectivity index (χ3v) is 3.88. The molecule has 0 aromatic heterocycles. The van der Waals surface area contributed by atoms with Gasteiger partial charge in [0.1, 0.15) is 0 Å². The zero-order valence-corrected chi connectivity index (χ0v) is 11.2. The fraction of sp³-hybridized carbons (Fsp3) is 0.308. The van der Waals surface area contributed by atoms with Gasteiger partial charge in [-0.2, -0.15) is 0 Å². The summed E-state index contributed by atoms with van der Waals surface area (Å²) in [5.74, 6) is 0.0434. The van der Waals surface area contributed by atoms with Crippen LogP contribution in [0.15, 0.2) is 27.9 Å². The Balaban J connectivity index is 2.06. The summed E-state index contributed by atoms with van der Waals surface area (Å²) in [6.07, 6.45) is 2.26. The molecular weight excluding hydrogens is 280 g/mol. The van der Waals surface area contributed by atoms with Gasteiger partial charge in [0.05, 0.1) is 12.1 Å². The first kappa shape index (κ1) is 10.8. The van der Waals surface area contributed by atoms with E-state index in [1.807, 2.05) is 17.9 Å². The molecule has 2 aliphatic rings. The van der Waals surface area contributed by atoms with E-state index in [1.165, 1.54) is 5.57 Å². The van der Waals surface area contributed by atoms with Crippen molar-refractivity contribution in [2.24, 2.45) is 0 Å². The predicted molar refractivity (Wildman–Crippen MR) is 70.4 cm³/mol. The number of halogens is 1. The number of nitrogens with two attached hydrogens (primary N) is 1. The molecule has 88 valence electrons. The van der Waals surface area contributed by atoms with Crippen molar-refractivity contribution < 1.29 is 4.79 Å². The molecule has 1 heterocycles. The second-order valence-electron chi connectivity index (χ2n) is 4.61. The highest BCUT2D eigenvalue weighted by Gasteiger charge is 2.33. The first-order chi connectivity index (χ1) is 8.08. The van der Waals surface area contributed by atoms with Crippen LogP contribution in [-0.2, 0) is 6.54 Å². The highest BCUT2D eigenvalue weighted by molar-refractivity contribution is 9.10. The SMILES string of the molecule is CC(=C1CC1)N1Cc2cc(Br)cc(N)c2C1=O. The molecule has 3 rings (SSSR count). The highest BCUT2D eigenvalue weighted by Crippen LogP contribution is 2.38. The second kappa shape index (κ2) is 3.60. The summed E-state index contributed by atoms with van der Waals surface area (Å²) < 4.78 is 0.931. The number of nitrogen functional groups attached to an aromatic ring is 1. The molecular formula is C13H13BrN2O. The van der Waals surface area contributed by atoms with E-state index in [0.717, 1.165) is 28.6 Å². The Bertz CT molecular complexity index is 557. The van der Waals surface area contributed by atoms with Gasteiger partial charge in [0, 0.05) is 15.9 Å². The molecule has 1 aromatic rings. The molecule has 3 nitrogen and oxygen atoms in total. The third-order valence-electron chi connectivity index (χ3n) is 3.42. The average molecular weight is 293 g/mol. The summed E-state index contributed by atoms with van der Waals surface area (Å²) in [7, 11) is 0. The van der Waals surface area contributed by atoms with Crippen LogP contribution in [0.5, 0.6) is 0 Å². The predicted octanol–water partition coefficient (Wildman–Crippen LogP) is 3.05. The van der Waals surface area contributed by atoms with Gasteiger partial charge in [-0.05, 0) is 37.5 Å². The van der Waals surface area contributed by atoms with Crippen molar-refractivity contribution in [2.75, 3.05) is 5.73 Å². The summed E-state index contributed by atoms with van der Waals surface area (Å²) in [5, 5.41) is 0. The van der Waals surface area contributed by atoms with Crippen LogP contribution in [-0.4, -0.2) is 10.8 Å². The minimum absolute atomic E-state index is 0.0434. The molecule has 17 heavy (non-hydrogen) atoms. The van der Waals surface area contributed by atoms with E-state index in [0.29, 0.717) is 17.8 Å². The Morgan fingerprint density at radius 2 is 2.12 bits per heavy atom. The molecule has 1 fully saturated rings. The topological polar surface area (TPSA) is 46.3 Å². The van der Waals surface area contributed by atoms with Gasteiger partial charge in [0.15, 0.2) is 0 Å². The maximum absolute atomic E-state index is 12.3. The molecule has 2 N–H and O–H groups in total. The highest BCUT2D eigenvalue weighted by atomic mass is 79.9. The van der Waals surface area contributed by atoms with Gasteiger partial charge < -0.3 is 10.6 Å². The van der Waals surface area contributed by atoms with Crippen LogP contribution in [0.2, 0.25) is 0 Å². The maximum Gasteiger partial charge on any atom is 0.260 e. The van der Waals surface area contributed by atoms with E-state index in [2.05, 4.69) is 15.9 Å². The van der Waals surface area contributed by atoms with Crippen molar-refractivity contribution in [3.8, 4) is 0 Å². The minimum Gasteiger partial charge on any atom is -0.398 e. The molecule has 0 saturated heterocycles. The maximum atomic E-state index is 12.3. The standard InChI is InChI=1S/C13H13BrN2O/c1-7(8-2-3-8)16-6-9-4-10(14)5-11(15)12(9)13(16)17/h4-5H,2-3,6,15H2,1H3. The average Bonchev–Trinajstić information content (AvgIpc) is 3.03. The van der Waals surface area contributed by atoms with Crippen LogP contribution in [0.1, 0.15) is 35.7 Å². The monoisotopic (exact) mass is 292 g/mol. The largest absolute Gasteiger partial charge is 0.398 e. The number of amides is 1. The van der Waals surface area contributed by atoms with Gasteiger partial charge in [-0.3, -0.25) is 4.79 Å². The van der Waals surface area contributed by atoms with Crippen LogP contribution in [0.4, 0.5) is 5.69 Å². The molecule has 4 heteroatoms. The zero-order valence-electron chi connectivity index (χ0n) is 9.59. The quantitative estimate of drug-likeness (QED) is 0.809. The Morgan fingerprint density at radius 3 is 2.76 bits per heavy atom. The van der Waals surface area contributed by atoms with Gasteiger partial charge in [0.2, 0.25) is 0 Å². The summed E-state index contributed by atoms with van der Waals surface area (Å²) in [6.45, 7) is 2.67. The van der Waals surface area contributed by atoms with Gasteiger partial charge in [-0.25, -0.2) is 0 Å². The summed E-state index contributed by atoms with van der Waals surface area (Å²) in [6, 6.07) is 3.77. The van der Waals surface area contributed by atoms with Crippen molar-refractivity contribution in [1.29, 1.82) is 0 Å². The van der Waals surface area contributed by atoms with Crippen LogP contribution >= 0.6 is 15.9 Å². The Hall–Kier alpha value is -1.29. The Kier molecular flexibility index (Phi) is 2.30. The number of benzene rings is 1. The summed E-state index contributed by atoms with van der Waals surface area (Å²) in [5.41, 5.74) is 10.7. The molecule has 1 amide bonds. The molecule has 0 radical (unpaired) electrons. The van der Waals surface area contributed by atoms with Gasteiger partial charge in [-0.15, -0.1) is 0 Å². The van der Waals surface area contributed by atoms with E-state index < -0.39 is 0 Å². The van der Waals surface area contributed by atoms with Crippen molar-refractivity contribution in [1.82, 2.24) is 4.90 Å². The van der Waals surface area contributed by atoms with Crippen LogP contribution in [0.25, 0.3) is 0 Å². The number of rotatable bonds is 1. The summed E-state index contributed by atoms with van der Waals surface area (Å²) >= 11 is 3.41. The van der Waals surface area contributed by atoms with Gasteiger partial charge >= 0.3 is 0 Å². The molecule has 0 unspecified atom stereocenters. The molecule has 1 saturated carbocycles. The van der Waals surface area contributed by atoms with E-state index in [9.17, 15) is 4.79 Å². The number of nitrogens with zero attached hydrogens (tertiary/aromatic N) is 1. The number of hydrogen-bond donors (Lipinski definition) is 1. The number of hydrogen-bond acceptors (Lipinski definition) is 2. The number of fused-ring (bicyclic) bond motifs is 1. The second-order valence-corrected chi connectivity index (χ2v) is 5.53. The van der Waals surface area contributed by atoms with Crippen molar-refractivity contribution >= 4 is 27.5 Å². The lowest BCUT2D eigenvalue weighted by molar-refractivity contribution is 0.0827. The third kappa shape index (κ3) is 1.67. The molecule has 1 aliphatic heterocycles. The molecule has 0 spiro atoms. The van der Waals surface area contributed by atoms with Gasteiger partial charge in [-0.1, -0.05) is 21.5 Å². The van der Waals surface area contributed by atoms with Gasteiger partial charge in [0.25, 0.3) is 5.91 Å². The van der Waals surface area contributed by atoms with Crippen LogP contribution in [0, 0.1) is 0 Å². The number of carbonyl (C=O) groups excluding carboxylic acids is 1. The molecule has 0 atom stereocenters. The molecule has 0 bridgehead atoms. The first-order valence-electron chi connectivity index (χ1n) is 5.66. The lowest BCUT2D eigenvalue weighted by atomic mass is 10.1. The summed E-state index contributed by atoms with van der Waals surface area (Å²) in [4.78, 5) is 14.1. The number of anilines is 1. The fourth-order valence-corrected chi connectivity index (χ4v) is 2.86. The normalized spacial score (nSPS) is 17.4. The fourth-order valence-electron chi connectivity index (χ4n) is 2.34. The van der Waals surface area contributed by atoms with E-state index in [-0.39, 0.29) is 5.91 Å². The lowest BCUT2D eigenvalue weighted by Gasteiger charge is -2.16. The van der Waals surface area contributed by atoms with E-state index in [1.54, 1.807) is 6.07 Å². The first-order valence-corrected chi connectivity index (χ1v) is 6.45. The Morgan fingerprint density at radius 1 is 1.41 bits per heavy atom. The number of carbonyl (C=O) groups is 1. The van der Waals surface area contributed by atoms with E-state index >= 15 is 0 Å². The molecule has 1 aromatic carbocycles. The Labute approximate surface area is 108 Å². The van der Waals surface area contributed by atoms with Crippen molar-refractivity contribution in [2.45, 2.75) is 26.3 Å². The van der Waals surface area contributed by atoms with Crippen LogP contribution < -0.4 is 5.73 Å². The lowest BCUT2D eigenvalue weighted by Crippen LogP contribution is -2.22. The smallest absolute Gasteiger partial charge is 0.260 e. The van der Waals surface area contributed by atoms with Crippen molar-refractivity contribution in [3.05, 3.63) is 39.0 Å². The molecule has 1 aliphatic carbocycles. The minimum atomic E-state index is 0.0434.